The summed E-state index contributed by atoms with van der Waals surface area (Å²) in [6.45, 7) is 11.9. The van der Waals surface area contributed by atoms with Gasteiger partial charge in [0.25, 0.3) is 0 Å². The number of rotatable bonds is 5. The lowest BCUT2D eigenvalue weighted by molar-refractivity contribution is -0.211. The third kappa shape index (κ3) is 3.56. The summed E-state index contributed by atoms with van der Waals surface area (Å²) in [6, 6.07) is 10.1. The molecule has 1 aromatic rings. The first-order valence-corrected chi connectivity index (χ1v) is 10.6. The second kappa shape index (κ2) is 6.21. The Labute approximate surface area is 129 Å². The second-order valence-corrected chi connectivity index (χ2v) is 12.2. The van der Waals surface area contributed by atoms with Crippen LogP contribution < -0.4 is 0 Å². The number of hydrogen-bond donors (Lipinski definition) is 1. The molecule has 1 aliphatic rings. The quantitative estimate of drug-likeness (QED) is 0.842. The summed E-state index contributed by atoms with van der Waals surface area (Å²) >= 11 is 0. The number of aliphatic hydroxyl groups is 1. The van der Waals surface area contributed by atoms with Gasteiger partial charge in [-0.3, -0.25) is 0 Å². The van der Waals surface area contributed by atoms with Crippen LogP contribution in [0.4, 0.5) is 0 Å². The van der Waals surface area contributed by atoms with Crippen LogP contribution in [0, 0.1) is 5.92 Å². The lowest BCUT2D eigenvalue weighted by Gasteiger charge is -2.46. The predicted octanol–water partition coefficient (Wildman–Crippen LogP) is 3.76. The van der Waals surface area contributed by atoms with Gasteiger partial charge in [0.1, 0.15) is 0 Å². The van der Waals surface area contributed by atoms with Crippen molar-refractivity contribution in [3.63, 3.8) is 0 Å². The van der Waals surface area contributed by atoms with E-state index in [-0.39, 0.29) is 29.8 Å². The van der Waals surface area contributed by atoms with E-state index in [0.29, 0.717) is 6.61 Å². The zero-order chi connectivity index (χ0) is 15.7. The van der Waals surface area contributed by atoms with Gasteiger partial charge in [-0.05, 0) is 23.7 Å². The standard InChI is InChI=1S/C17H28O3Si/c1-17(2,3)21(4,5)19-12-15-14(11-18)16(20-15)13-9-7-6-8-10-13/h6-10,14-16,18H,11-12H2,1-5H3/t14-,15-,16+/m0/s1. The SMILES string of the molecule is CC(C)(C)[Si](C)(C)OC[C@@H]1O[C@H](c2ccccc2)[C@H]1CO. The molecule has 0 spiro atoms. The molecule has 1 fully saturated rings. The molecule has 0 amide bonds. The van der Waals surface area contributed by atoms with Crippen molar-refractivity contribution in [3.05, 3.63) is 35.9 Å². The van der Waals surface area contributed by atoms with Crippen LogP contribution >= 0.6 is 0 Å². The zero-order valence-corrected chi connectivity index (χ0v) is 14.8. The first-order chi connectivity index (χ1) is 9.76. The minimum atomic E-state index is -1.76. The monoisotopic (exact) mass is 308 g/mol. The summed E-state index contributed by atoms with van der Waals surface area (Å²) in [4.78, 5) is 0. The fourth-order valence-corrected chi connectivity index (χ4v) is 3.36. The van der Waals surface area contributed by atoms with Crippen molar-refractivity contribution in [2.24, 2.45) is 5.92 Å². The van der Waals surface area contributed by atoms with Gasteiger partial charge in [-0.15, -0.1) is 0 Å². The number of hydrogen-bond acceptors (Lipinski definition) is 3. The van der Waals surface area contributed by atoms with E-state index in [1.54, 1.807) is 0 Å². The second-order valence-electron chi connectivity index (χ2n) is 7.42. The Morgan fingerprint density at radius 3 is 2.33 bits per heavy atom. The summed E-state index contributed by atoms with van der Waals surface area (Å²) in [5, 5.41) is 9.85. The van der Waals surface area contributed by atoms with Crippen molar-refractivity contribution in [2.45, 2.75) is 51.1 Å². The van der Waals surface area contributed by atoms with Crippen LogP contribution in [-0.4, -0.2) is 32.7 Å². The molecule has 1 N–H and O–H groups in total. The normalized spacial score (nSPS) is 26.5. The molecule has 0 saturated carbocycles. The summed E-state index contributed by atoms with van der Waals surface area (Å²) in [5.74, 6) is 0.136. The number of ether oxygens (including phenoxy) is 1. The van der Waals surface area contributed by atoms with Crippen LogP contribution in [0.15, 0.2) is 30.3 Å². The van der Waals surface area contributed by atoms with E-state index < -0.39 is 8.32 Å². The van der Waals surface area contributed by atoms with E-state index in [1.165, 1.54) is 0 Å². The average molecular weight is 308 g/mol. The van der Waals surface area contributed by atoms with Gasteiger partial charge in [-0.1, -0.05) is 51.1 Å². The van der Waals surface area contributed by atoms with Crippen LogP contribution in [0.5, 0.6) is 0 Å². The fourth-order valence-electron chi connectivity index (χ4n) is 2.35. The molecule has 0 unspecified atom stereocenters. The average Bonchev–Trinajstić information content (AvgIpc) is 2.37. The fraction of sp³-hybridized carbons (Fsp3) is 0.647. The predicted molar refractivity (Wildman–Crippen MR) is 87.8 cm³/mol. The Morgan fingerprint density at radius 1 is 1.19 bits per heavy atom. The largest absolute Gasteiger partial charge is 0.414 e. The molecule has 0 aromatic heterocycles. The van der Waals surface area contributed by atoms with Crippen LogP contribution in [0.25, 0.3) is 0 Å². The molecule has 1 aliphatic heterocycles. The smallest absolute Gasteiger partial charge is 0.192 e. The molecule has 0 aliphatic carbocycles. The van der Waals surface area contributed by atoms with Crippen LogP contribution in [0.1, 0.15) is 32.4 Å². The van der Waals surface area contributed by atoms with Crippen molar-refractivity contribution >= 4 is 8.32 Å². The van der Waals surface area contributed by atoms with Crippen molar-refractivity contribution in [3.8, 4) is 0 Å². The molecule has 1 saturated heterocycles. The Bertz CT molecular complexity index is 453. The molecule has 1 heterocycles. The van der Waals surface area contributed by atoms with E-state index in [4.69, 9.17) is 9.16 Å². The maximum atomic E-state index is 9.65. The Hall–Kier alpha value is -0.683. The van der Waals surface area contributed by atoms with Crippen molar-refractivity contribution in [1.29, 1.82) is 0 Å². The minimum Gasteiger partial charge on any atom is -0.414 e. The van der Waals surface area contributed by atoms with E-state index in [1.807, 2.05) is 18.2 Å². The zero-order valence-electron chi connectivity index (χ0n) is 13.8. The molecule has 2 rings (SSSR count). The van der Waals surface area contributed by atoms with Gasteiger partial charge >= 0.3 is 0 Å². The molecule has 0 bridgehead atoms. The molecule has 3 atom stereocenters. The van der Waals surface area contributed by atoms with Gasteiger partial charge in [-0.25, -0.2) is 0 Å². The summed E-state index contributed by atoms with van der Waals surface area (Å²) in [5.41, 5.74) is 1.14. The van der Waals surface area contributed by atoms with E-state index in [0.717, 1.165) is 5.56 Å². The topological polar surface area (TPSA) is 38.7 Å². The van der Waals surface area contributed by atoms with Crippen molar-refractivity contribution < 1.29 is 14.3 Å². The Kier molecular flexibility index (Phi) is 4.93. The first-order valence-electron chi connectivity index (χ1n) is 7.71. The minimum absolute atomic E-state index is 0.00390. The lowest BCUT2D eigenvalue weighted by Crippen LogP contribution is -2.51. The number of benzene rings is 1. The molecule has 1 aromatic carbocycles. The third-order valence-electron chi connectivity index (χ3n) is 4.94. The highest BCUT2D eigenvalue weighted by molar-refractivity contribution is 6.74. The van der Waals surface area contributed by atoms with Crippen molar-refractivity contribution in [1.82, 2.24) is 0 Å². The first kappa shape index (κ1) is 16.7. The van der Waals surface area contributed by atoms with Crippen LogP contribution in [0.3, 0.4) is 0 Å². The van der Waals surface area contributed by atoms with Gasteiger partial charge in [0.05, 0.1) is 25.4 Å². The van der Waals surface area contributed by atoms with E-state index in [2.05, 4.69) is 46.0 Å². The maximum Gasteiger partial charge on any atom is 0.192 e. The van der Waals surface area contributed by atoms with Crippen molar-refractivity contribution in [2.75, 3.05) is 13.2 Å². The summed E-state index contributed by atoms with van der Waals surface area (Å²) in [6.07, 6.45) is 0.0125. The highest BCUT2D eigenvalue weighted by Crippen LogP contribution is 2.42. The third-order valence-corrected chi connectivity index (χ3v) is 9.44. The lowest BCUT2D eigenvalue weighted by atomic mass is 9.86. The Balaban J connectivity index is 1.93. The van der Waals surface area contributed by atoms with Crippen LogP contribution in [-0.2, 0) is 9.16 Å². The highest BCUT2D eigenvalue weighted by atomic mass is 28.4. The summed E-state index contributed by atoms with van der Waals surface area (Å²) in [7, 11) is -1.76. The van der Waals surface area contributed by atoms with Gasteiger partial charge in [0.15, 0.2) is 8.32 Å². The molecule has 0 radical (unpaired) electrons. The van der Waals surface area contributed by atoms with Gasteiger partial charge in [0.2, 0.25) is 0 Å². The molecular weight excluding hydrogens is 280 g/mol. The number of aliphatic hydroxyl groups excluding tert-OH is 1. The molecule has 3 nitrogen and oxygen atoms in total. The van der Waals surface area contributed by atoms with Gasteiger partial charge in [0, 0.05) is 5.92 Å². The Morgan fingerprint density at radius 2 is 1.81 bits per heavy atom. The molecule has 21 heavy (non-hydrogen) atoms. The molecule has 118 valence electrons. The summed E-state index contributed by atoms with van der Waals surface area (Å²) < 4.78 is 12.2. The molecule has 4 heteroatoms. The van der Waals surface area contributed by atoms with Gasteiger partial charge in [-0.2, -0.15) is 0 Å². The van der Waals surface area contributed by atoms with Gasteiger partial charge < -0.3 is 14.3 Å². The highest BCUT2D eigenvalue weighted by Gasteiger charge is 2.45. The van der Waals surface area contributed by atoms with E-state index >= 15 is 0 Å². The van der Waals surface area contributed by atoms with E-state index in [9.17, 15) is 5.11 Å². The maximum absolute atomic E-state index is 9.65. The molecular formula is C17H28O3Si. The van der Waals surface area contributed by atoms with Crippen LogP contribution in [0.2, 0.25) is 18.1 Å².